The summed E-state index contributed by atoms with van der Waals surface area (Å²) in [6, 6.07) is 6.23. The second-order valence-electron chi connectivity index (χ2n) is 4.31. The van der Waals surface area contributed by atoms with E-state index in [-0.39, 0.29) is 18.0 Å². The predicted molar refractivity (Wildman–Crippen MR) is 56.3 cm³/mol. The van der Waals surface area contributed by atoms with Crippen molar-refractivity contribution < 1.29 is 9.53 Å². The highest BCUT2D eigenvalue weighted by atomic mass is 16.6. The molecule has 2 atom stereocenters. The zero-order chi connectivity index (χ0) is 10.6. The van der Waals surface area contributed by atoms with E-state index in [2.05, 4.69) is 31.7 Å². The largest absolute Gasteiger partial charge is 0.453 e. The summed E-state index contributed by atoms with van der Waals surface area (Å²) < 4.78 is 5.37. The Labute approximate surface area is 88.6 Å². The van der Waals surface area contributed by atoms with Gasteiger partial charge in [0, 0.05) is 11.5 Å². The van der Waals surface area contributed by atoms with Crippen molar-refractivity contribution in [1.29, 1.82) is 0 Å². The first-order chi connectivity index (χ1) is 7.18. The Balaban J connectivity index is 2.14. The molecule has 2 unspecified atom stereocenters. The summed E-state index contributed by atoms with van der Waals surface area (Å²) in [6.07, 6.45) is 0.827. The van der Waals surface area contributed by atoms with Gasteiger partial charge in [0.15, 0.2) is 0 Å². The second-order valence-corrected chi connectivity index (χ2v) is 4.31. The Bertz CT molecular complexity index is 473. The molecule has 0 bridgehead atoms. The molecule has 0 spiro atoms. The third kappa shape index (κ3) is 1.02. The van der Waals surface area contributed by atoms with Crippen LogP contribution in [0.2, 0.25) is 0 Å². The highest BCUT2D eigenvalue weighted by molar-refractivity contribution is 5.91. The maximum absolute atomic E-state index is 11.4. The van der Waals surface area contributed by atoms with Crippen molar-refractivity contribution in [2.75, 3.05) is 0 Å². The minimum atomic E-state index is -0.223. The van der Waals surface area contributed by atoms with Crippen LogP contribution in [0.25, 0.3) is 0 Å². The first-order valence-electron chi connectivity index (χ1n) is 5.16. The van der Waals surface area contributed by atoms with E-state index >= 15 is 0 Å². The molecule has 1 heterocycles. The maximum atomic E-state index is 11.4. The van der Waals surface area contributed by atoms with Gasteiger partial charge in [-0.3, -0.25) is 0 Å². The number of hydrogen-bond donors (Lipinski definition) is 0. The average molecular weight is 200 g/mol. The number of rotatable bonds is 0. The zero-order valence-corrected chi connectivity index (χ0v) is 8.62. The zero-order valence-electron chi connectivity index (χ0n) is 8.62. The number of aryl methyl sites for hydroxylation is 1. The van der Waals surface area contributed by atoms with Crippen molar-refractivity contribution in [2.24, 2.45) is 5.92 Å². The molecule has 76 valence electrons. The molecular formula is C13H12O2. The quantitative estimate of drug-likeness (QED) is 0.474. The number of carbonyl (C=O) groups excluding carboxylic acids is 1. The fraction of sp³-hybridized carbons (Fsp3) is 0.308. The fourth-order valence-electron chi connectivity index (χ4n) is 2.66. The van der Waals surface area contributed by atoms with Gasteiger partial charge >= 0.3 is 5.97 Å². The summed E-state index contributed by atoms with van der Waals surface area (Å²) >= 11 is 0. The minimum absolute atomic E-state index is 0.0683. The molecule has 2 aliphatic rings. The molecule has 0 amide bonds. The maximum Gasteiger partial charge on any atom is 0.334 e. The van der Waals surface area contributed by atoms with Crippen LogP contribution in [0.3, 0.4) is 0 Å². The van der Waals surface area contributed by atoms with Gasteiger partial charge < -0.3 is 4.74 Å². The van der Waals surface area contributed by atoms with Crippen molar-refractivity contribution in [3.05, 3.63) is 47.0 Å². The highest BCUT2D eigenvalue weighted by Crippen LogP contribution is 2.48. The van der Waals surface area contributed by atoms with E-state index in [9.17, 15) is 4.79 Å². The Hall–Kier alpha value is -1.57. The number of benzene rings is 1. The molecule has 15 heavy (non-hydrogen) atoms. The van der Waals surface area contributed by atoms with E-state index in [1.165, 1.54) is 16.7 Å². The van der Waals surface area contributed by atoms with Gasteiger partial charge in [-0.05, 0) is 30.0 Å². The monoisotopic (exact) mass is 200 g/mol. The summed E-state index contributed by atoms with van der Waals surface area (Å²) in [5, 5.41) is 0. The SMILES string of the molecule is C=C1C(=O)OC2c3c(C)cccc3CC12. The summed E-state index contributed by atoms with van der Waals surface area (Å²) in [5.74, 6) is -0.0486. The topological polar surface area (TPSA) is 26.3 Å². The van der Waals surface area contributed by atoms with Crippen molar-refractivity contribution >= 4 is 5.97 Å². The fourth-order valence-corrected chi connectivity index (χ4v) is 2.66. The molecule has 2 heteroatoms. The molecular weight excluding hydrogens is 188 g/mol. The van der Waals surface area contributed by atoms with Gasteiger partial charge in [0.05, 0.1) is 0 Å². The van der Waals surface area contributed by atoms with E-state index in [4.69, 9.17) is 4.74 Å². The van der Waals surface area contributed by atoms with Crippen LogP contribution in [0, 0.1) is 12.8 Å². The molecule has 1 aliphatic carbocycles. The van der Waals surface area contributed by atoms with Crippen LogP contribution in [0.15, 0.2) is 30.4 Å². The Kier molecular flexibility index (Phi) is 1.58. The lowest BCUT2D eigenvalue weighted by Gasteiger charge is -2.10. The van der Waals surface area contributed by atoms with Crippen LogP contribution in [0.1, 0.15) is 22.8 Å². The van der Waals surface area contributed by atoms with Crippen molar-refractivity contribution in [2.45, 2.75) is 19.4 Å². The number of carbonyl (C=O) groups is 1. The van der Waals surface area contributed by atoms with Crippen LogP contribution in [-0.4, -0.2) is 5.97 Å². The van der Waals surface area contributed by atoms with E-state index < -0.39 is 0 Å². The van der Waals surface area contributed by atoms with Crippen molar-refractivity contribution in [3.63, 3.8) is 0 Å². The van der Waals surface area contributed by atoms with Gasteiger partial charge in [-0.25, -0.2) is 4.79 Å². The predicted octanol–water partition coefficient (Wildman–Crippen LogP) is 2.32. The average Bonchev–Trinajstić information content (AvgIpc) is 2.68. The standard InChI is InChI=1S/C13H12O2/c1-7-4-3-5-9-6-10-8(2)13(14)15-12(10)11(7)9/h3-5,10,12H,2,6H2,1H3. The van der Waals surface area contributed by atoms with Gasteiger partial charge in [0.2, 0.25) is 0 Å². The van der Waals surface area contributed by atoms with Crippen LogP contribution in [0.4, 0.5) is 0 Å². The molecule has 0 aromatic heterocycles. The molecule has 3 rings (SSSR count). The molecule has 0 radical (unpaired) electrons. The summed E-state index contributed by atoms with van der Waals surface area (Å²) in [4.78, 5) is 11.4. The molecule has 1 fully saturated rings. The number of esters is 1. The van der Waals surface area contributed by atoms with Gasteiger partial charge in [0.25, 0.3) is 0 Å². The second kappa shape index (κ2) is 2.72. The van der Waals surface area contributed by atoms with E-state index in [1.807, 2.05) is 0 Å². The molecule has 2 nitrogen and oxygen atoms in total. The molecule has 0 N–H and O–H groups in total. The Morgan fingerprint density at radius 3 is 3.07 bits per heavy atom. The lowest BCUT2D eigenvalue weighted by molar-refractivity contribution is -0.139. The van der Waals surface area contributed by atoms with E-state index in [0.717, 1.165) is 6.42 Å². The third-order valence-electron chi connectivity index (χ3n) is 3.45. The van der Waals surface area contributed by atoms with E-state index in [1.54, 1.807) is 0 Å². The van der Waals surface area contributed by atoms with Gasteiger partial charge in [-0.2, -0.15) is 0 Å². The number of hydrogen-bond acceptors (Lipinski definition) is 2. The molecule has 1 aromatic rings. The minimum Gasteiger partial charge on any atom is -0.453 e. The molecule has 1 aliphatic heterocycles. The normalized spacial score (nSPS) is 27.5. The lowest BCUT2D eigenvalue weighted by Crippen LogP contribution is -2.01. The molecule has 1 saturated heterocycles. The highest BCUT2D eigenvalue weighted by Gasteiger charge is 2.45. The van der Waals surface area contributed by atoms with Gasteiger partial charge in [0.1, 0.15) is 6.10 Å². The van der Waals surface area contributed by atoms with Crippen LogP contribution in [0.5, 0.6) is 0 Å². The molecule has 0 saturated carbocycles. The number of ether oxygens (including phenoxy) is 1. The Morgan fingerprint density at radius 1 is 1.47 bits per heavy atom. The molecule has 1 aromatic carbocycles. The van der Waals surface area contributed by atoms with E-state index in [0.29, 0.717) is 5.57 Å². The first kappa shape index (κ1) is 8.72. The van der Waals surface area contributed by atoms with Crippen LogP contribution >= 0.6 is 0 Å². The lowest BCUT2D eigenvalue weighted by atomic mass is 9.97. The number of fused-ring (bicyclic) bond motifs is 3. The van der Waals surface area contributed by atoms with Crippen LogP contribution < -0.4 is 0 Å². The summed E-state index contributed by atoms with van der Waals surface area (Å²) in [7, 11) is 0. The van der Waals surface area contributed by atoms with Gasteiger partial charge in [-0.15, -0.1) is 0 Å². The third-order valence-corrected chi connectivity index (χ3v) is 3.45. The van der Waals surface area contributed by atoms with Crippen molar-refractivity contribution in [1.82, 2.24) is 0 Å². The van der Waals surface area contributed by atoms with Crippen molar-refractivity contribution in [3.8, 4) is 0 Å². The smallest absolute Gasteiger partial charge is 0.334 e. The summed E-state index contributed by atoms with van der Waals surface area (Å²) in [6.45, 7) is 5.88. The Morgan fingerprint density at radius 2 is 2.27 bits per heavy atom. The van der Waals surface area contributed by atoms with Crippen LogP contribution in [-0.2, 0) is 16.0 Å². The van der Waals surface area contributed by atoms with Gasteiger partial charge in [-0.1, -0.05) is 24.8 Å². The summed E-state index contributed by atoms with van der Waals surface area (Å²) in [5.41, 5.74) is 4.35. The first-order valence-corrected chi connectivity index (χ1v) is 5.16.